The van der Waals surface area contributed by atoms with Gasteiger partial charge < -0.3 is 19.3 Å². The summed E-state index contributed by atoms with van der Waals surface area (Å²) in [6, 6.07) is 4.74. The molecule has 0 radical (unpaired) electrons. The number of ether oxygens (including phenoxy) is 2. The van der Waals surface area contributed by atoms with Gasteiger partial charge >= 0.3 is 0 Å². The summed E-state index contributed by atoms with van der Waals surface area (Å²) in [6.45, 7) is 8.10. The molecule has 0 aromatic heterocycles. The second-order valence-corrected chi connectivity index (χ2v) is 8.76. The molecule has 0 aliphatic heterocycles. The molecule has 1 aromatic carbocycles. The van der Waals surface area contributed by atoms with Crippen molar-refractivity contribution in [1.29, 1.82) is 0 Å². The van der Waals surface area contributed by atoms with Crippen molar-refractivity contribution >= 4 is 30.6 Å². The van der Waals surface area contributed by atoms with Crippen LogP contribution in [-0.2, 0) is 25.1 Å². The summed E-state index contributed by atoms with van der Waals surface area (Å²) < 4.78 is 29.6. The van der Waals surface area contributed by atoms with Crippen LogP contribution in [0.2, 0.25) is 10.0 Å². The number of nitrogens with one attached hydrogen (secondary N) is 1. The SMILES string of the molecule is CCOC(OCC)P(=O)(CCCNCc1ccc(Cl)c(Cl)c1)OCC. The lowest BCUT2D eigenvalue weighted by molar-refractivity contribution is -0.0888. The van der Waals surface area contributed by atoms with Crippen molar-refractivity contribution in [3.63, 3.8) is 0 Å². The van der Waals surface area contributed by atoms with Crippen molar-refractivity contribution in [3.8, 4) is 0 Å². The molecule has 0 aliphatic rings. The van der Waals surface area contributed by atoms with Crippen molar-refractivity contribution in [3.05, 3.63) is 33.8 Å². The van der Waals surface area contributed by atoms with Gasteiger partial charge in [0.2, 0.25) is 6.03 Å². The first-order chi connectivity index (χ1) is 12.0. The van der Waals surface area contributed by atoms with E-state index >= 15 is 0 Å². The Labute approximate surface area is 160 Å². The minimum absolute atomic E-state index is 0.366. The summed E-state index contributed by atoms with van der Waals surface area (Å²) in [4.78, 5) is 0. The molecule has 1 rings (SSSR count). The van der Waals surface area contributed by atoms with Crippen LogP contribution >= 0.6 is 30.6 Å². The third-order valence-electron chi connectivity index (χ3n) is 3.42. The minimum Gasteiger partial charge on any atom is -0.345 e. The molecule has 5 nitrogen and oxygen atoms in total. The van der Waals surface area contributed by atoms with Crippen LogP contribution < -0.4 is 5.32 Å². The van der Waals surface area contributed by atoms with Gasteiger partial charge in [-0.3, -0.25) is 4.57 Å². The van der Waals surface area contributed by atoms with Gasteiger partial charge in [-0.1, -0.05) is 29.3 Å². The highest BCUT2D eigenvalue weighted by Crippen LogP contribution is 2.53. The smallest absolute Gasteiger partial charge is 0.257 e. The molecule has 0 saturated carbocycles. The predicted molar refractivity (Wildman–Crippen MR) is 104 cm³/mol. The maximum absolute atomic E-state index is 13.1. The zero-order valence-corrected chi connectivity index (χ0v) is 17.5. The third kappa shape index (κ3) is 7.96. The maximum atomic E-state index is 13.1. The first-order valence-corrected chi connectivity index (χ1v) is 11.2. The molecule has 1 unspecified atom stereocenters. The van der Waals surface area contributed by atoms with E-state index in [1.165, 1.54) is 0 Å². The molecular weight excluding hydrogens is 384 g/mol. The van der Waals surface area contributed by atoms with Gasteiger partial charge in [-0.05, 0) is 51.4 Å². The molecule has 0 heterocycles. The van der Waals surface area contributed by atoms with Crippen LogP contribution in [0.1, 0.15) is 32.8 Å². The van der Waals surface area contributed by atoms with Crippen molar-refractivity contribution in [2.24, 2.45) is 0 Å². The highest BCUT2D eigenvalue weighted by molar-refractivity contribution is 7.59. The highest BCUT2D eigenvalue weighted by atomic mass is 35.5. The van der Waals surface area contributed by atoms with Gasteiger partial charge in [-0.25, -0.2) is 0 Å². The summed E-state index contributed by atoms with van der Waals surface area (Å²) in [7, 11) is -3.01. The molecule has 144 valence electrons. The first-order valence-electron chi connectivity index (χ1n) is 8.57. The topological polar surface area (TPSA) is 56.8 Å². The fourth-order valence-corrected chi connectivity index (χ4v) is 4.89. The van der Waals surface area contributed by atoms with Gasteiger partial charge in [0.05, 0.1) is 16.7 Å². The van der Waals surface area contributed by atoms with Gasteiger partial charge in [-0.15, -0.1) is 0 Å². The molecule has 0 bridgehead atoms. The molecule has 1 N–H and O–H groups in total. The summed E-state index contributed by atoms with van der Waals surface area (Å²) >= 11 is 11.9. The number of benzene rings is 1. The average molecular weight is 412 g/mol. The first kappa shape index (κ1) is 22.9. The third-order valence-corrected chi connectivity index (χ3v) is 6.74. The lowest BCUT2D eigenvalue weighted by atomic mass is 10.2. The van der Waals surface area contributed by atoms with Crippen LogP contribution in [0.4, 0.5) is 0 Å². The second-order valence-electron chi connectivity index (χ2n) is 5.36. The zero-order valence-electron chi connectivity index (χ0n) is 15.1. The molecule has 0 aliphatic carbocycles. The lowest BCUT2D eigenvalue weighted by Crippen LogP contribution is -2.23. The van der Waals surface area contributed by atoms with Crippen LogP contribution in [0.3, 0.4) is 0 Å². The quantitative estimate of drug-likeness (QED) is 0.276. The number of hydrogen-bond acceptors (Lipinski definition) is 5. The Balaban J connectivity index is 2.48. The van der Waals surface area contributed by atoms with Gasteiger partial charge in [0, 0.05) is 25.9 Å². The van der Waals surface area contributed by atoms with E-state index in [1.807, 2.05) is 32.9 Å². The van der Waals surface area contributed by atoms with E-state index in [0.717, 1.165) is 5.56 Å². The standard InChI is InChI=1S/C17H28Cl2NO4P/c1-4-22-17(23-5-2)25(21,24-6-3)11-7-10-20-13-14-8-9-15(18)16(19)12-14/h8-9,12,17,20H,4-7,10-11,13H2,1-3H3. The van der Waals surface area contributed by atoms with Crippen LogP contribution in [0.5, 0.6) is 0 Å². The highest BCUT2D eigenvalue weighted by Gasteiger charge is 2.35. The van der Waals surface area contributed by atoms with Gasteiger partial charge in [-0.2, -0.15) is 0 Å². The summed E-state index contributed by atoms with van der Waals surface area (Å²) in [5.41, 5.74) is 1.05. The van der Waals surface area contributed by atoms with Crippen LogP contribution in [0.15, 0.2) is 18.2 Å². The van der Waals surface area contributed by atoms with E-state index < -0.39 is 13.4 Å². The Morgan fingerprint density at radius 3 is 2.32 bits per heavy atom. The van der Waals surface area contributed by atoms with Crippen LogP contribution in [0.25, 0.3) is 0 Å². The molecule has 0 spiro atoms. The minimum atomic E-state index is -3.01. The summed E-state index contributed by atoms with van der Waals surface area (Å²) in [5.74, 6) is 0. The average Bonchev–Trinajstić information content (AvgIpc) is 2.58. The molecule has 1 aromatic rings. The molecular formula is C17H28Cl2NO4P. The molecule has 1 atom stereocenters. The van der Waals surface area contributed by atoms with Crippen LogP contribution in [-0.4, -0.2) is 38.6 Å². The van der Waals surface area contributed by atoms with Crippen LogP contribution in [0, 0.1) is 0 Å². The van der Waals surface area contributed by atoms with Gasteiger partial charge in [0.15, 0.2) is 0 Å². The van der Waals surface area contributed by atoms with Crippen molar-refractivity contribution in [1.82, 2.24) is 5.32 Å². The fourth-order valence-electron chi connectivity index (χ4n) is 2.32. The predicted octanol–water partition coefficient (Wildman–Crippen LogP) is 5.14. The Morgan fingerprint density at radius 2 is 1.76 bits per heavy atom. The van der Waals surface area contributed by atoms with Crippen molar-refractivity contribution in [2.75, 3.05) is 32.5 Å². The summed E-state index contributed by atoms with van der Waals surface area (Å²) in [6.07, 6.45) is 1.09. The number of hydrogen-bond donors (Lipinski definition) is 1. The van der Waals surface area contributed by atoms with Crippen molar-refractivity contribution < 1.29 is 18.6 Å². The Hall–Kier alpha value is -0.130. The second kappa shape index (κ2) is 12.3. The fraction of sp³-hybridized carbons (Fsp3) is 0.647. The van der Waals surface area contributed by atoms with E-state index in [-0.39, 0.29) is 0 Å². The van der Waals surface area contributed by atoms with E-state index in [4.69, 9.17) is 37.2 Å². The zero-order chi connectivity index (χ0) is 18.7. The summed E-state index contributed by atoms with van der Waals surface area (Å²) in [5, 5.41) is 4.39. The van der Waals surface area contributed by atoms with Crippen molar-refractivity contribution in [2.45, 2.75) is 39.8 Å². The molecule has 0 saturated heterocycles. The molecule has 0 fully saturated rings. The van der Waals surface area contributed by atoms with E-state index in [9.17, 15) is 4.57 Å². The van der Waals surface area contributed by atoms with E-state index in [2.05, 4.69) is 5.32 Å². The van der Waals surface area contributed by atoms with Gasteiger partial charge in [0.25, 0.3) is 7.37 Å². The largest absolute Gasteiger partial charge is 0.345 e. The number of rotatable bonds is 13. The monoisotopic (exact) mass is 411 g/mol. The molecule has 0 amide bonds. The lowest BCUT2D eigenvalue weighted by Gasteiger charge is -2.26. The molecule has 8 heteroatoms. The maximum Gasteiger partial charge on any atom is 0.257 e. The Kier molecular flexibility index (Phi) is 11.3. The van der Waals surface area contributed by atoms with E-state index in [1.54, 1.807) is 6.07 Å². The van der Waals surface area contributed by atoms with Gasteiger partial charge in [0.1, 0.15) is 0 Å². The van der Waals surface area contributed by atoms with E-state index in [0.29, 0.717) is 55.5 Å². The molecule has 25 heavy (non-hydrogen) atoms. The number of halogens is 2. The normalized spacial score (nSPS) is 14.0. The Morgan fingerprint density at radius 1 is 1.08 bits per heavy atom. The Bertz CT molecular complexity index is 553.